The van der Waals surface area contributed by atoms with Gasteiger partial charge < -0.3 is 20.1 Å². The van der Waals surface area contributed by atoms with Crippen LogP contribution in [0.1, 0.15) is 50.5 Å². The minimum Gasteiger partial charge on any atom is -0.449 e. The van der Waals surface area contributed by atoms with E-state index in [-0.39, 0.29) is 18.4 Å². The second kappa shape index (κ2) is 15.3. The number of hydrogen-bond acceptors (Lipinski definition) is 6. The Balaban J connectivity index is 1.29. The highest BCUT2D eigenvalue weighted by atomic mass is 32.2. The fourth-order valence-corrected chi connectivity index (χ4v) is 6.98. The molecule has 0 heterocycles. The summed E-state index contributed by atoms with van der Waals surface area (Å²) in [6, 6.07) is 41.3. The number of hydrogen-bond donors (Lipinski definition) is 2. The van der Waals surface area contributed by atoms with Crippen LogP contribution in [0.5, 0.6) is 0 Å². The van der Waals surface area contributed by atoms with Crippen molar-refractivity contribution in [3.8, 4) is 11.1 Å². The molecule has 0 aromatic heterocycles. The summed E-state index contributed by atoms with van der Waals surface area (Å²) in [4.78, 5) is 40.2. The van der Waals surface area contributed by atoms with Gasteiger partial charge in [0.05, 0.1) is 0 Å². The molecule has 2 N–H and O–H groups in total. The molecule has 1 aliphatic rings. The number of carbonyl (C=O) groups is 3. The van der Waals surface area contributed by atoms with E-state index in [1.165, 1.54) is 0 Å². The first-order chi connectivity index (χ1) is 24.0. The number of amides is 2. The lowest BCUT2D eigenvalue weighted by Gasteiger charge is -2.36. The molecule has 0 aliphatic heterocycles. The molecule has 5 aromatic rings. The summed E-state index contributed by atoms with van der Waals surface area (Å²) in [6.07, 6.45) is 1.59. The van der Waals surface area contributed by atoms with Gasteiger partial charge in [0.1, 0.15) is 12.6 Å². The van der Waals surface area contributed by atoms with Gasteiger partial charge in [-0.2, -0.15) is 11.8 Å². The number of carbonyl (C=O) groups excluding carboxylic acids is 3. The highest BCUT2D eigenvalue weighted by molar-refractivity contribution is 7.98. The Hall–Kier alpha value is -5.34. The normalized spacial score (nSPS) is 12.7. The third-order valence-electron chi connectivity index (χ3n) is 8.93. The van der Waals surface area contributed by atoms with Gasteiger partial charge in [0.25, 0.3) is 5.91 Å². The smallest absolute Gasteiger partial charge is 0.407 e. The highest BCUT2D eigenvalue weighted by Gasteiger charge is 2.42. The summed E-state index contributed by atoms with van der Waals surface area (Å²) in [5, 5.41) is 5.48. The molecule has 1 aliphatic carbocycles. The molecule has 2 amide bonds. The zero-order valence-corrected chi connectivity index (χ0v) is 28.2. The largest absolute Gasteiger partial charge is 0.449 e. The van der Waals surface area contributed by atoms with Crippen LogP contribution in [0.3, 0.4) is 0 Å². The average Bonchev–Trinajstić information content (AvgIpc) is 3.48. The standard InChI is InChI=1S/C41H38N2O5S/c1-42-38(44)28-21-23-31(24-22-28)41(29-13-5-3-6-14-29,30-15-7-4-8-16-30)48-39(45)37(25-26-49-2)43-40(46)47-27-36-34-19-11-9-17-32(34)33-18-10-12-20-35(33)36/h3-24,36-37H,25-27H2,1-2H3,(H,42,44)(H,43,46)/t37-/m0/s1. The second-order valence-electron chi connectivity index (χ2n) is 11.8. The minimum absolute atomic E-state index is 0.115. The fraction of sp³-hybridized carbons (Fsp3) is 0.195. The van der Waals surface area contributed by atoms with Crippen molar-refractivity contribution in [2.24, 2.45) is 0 Å². The number of fused-ring (bicyclic) bond motifs is 3. The van der Waals surface area contributed by atoms with Crippen LogP contribution in [0.4, 0.5) is 4.79 Å². The zero-order chi connectivity index (χ0) is 34.2. The van der Waals surface area contributed by atoms with Crippen molar-refractivity contribution in [3.63, 3.8) is 0 Å². The topological polar surface area (TPSA) is 93.7 Å². The van der Waals surface area contributed by atoms with Gasteiger partial charge in [-0.25, -0.2) is 9.59 Å². The van der Waals surface area contributed by atoms with Crippen LogP contribution in [0.25, 0.3) is 11.1 Å². The van der Waals surface area contributed by atoms with Gasteiger partial charge in [0.15, 0.2) is 5.60 Å². The van der Waals surface area contributed by atoms with Gasteiger partial charge in [-0.3, -0.25) is 4.79 Å². The molecule has 0 saturated heterocycles. The summed E-state index contributed by atoms with van der Waals surface area (Å²) in [5.74, 6) is -0.339. The predicted molar refractivity (Wildman–Crippen MR) is 194 cm³/mol. The second-order valence-corrected chi connectivity index (χ2v) is 12.8. The third-order valence-corrected chi connectivity index (χ3v) is 9.57. The van der Waals surface area contributed by atoms with E-state index in [0.29, 0.717) is 34.4 Å². The number of benzene rings is 5. The molecule has 5 aromatic carbocycles. The van der Waals surface area contributed by atoms with Crippen molar-refractivity contribution in [2.75, 3.05) is 25.7 Å². The monoisotopic (exact) mass is 670 g/mol. The van der Waals surface area contributed by atoms with E-state index < -0.39 is 23.7 Å². The van der Waals surface area contributed by atoms with Gasteiger partial charge >= 0.3 is 12.1 Å². The summed E-state index contributed by atoms with van der Waals surface area (Å²) < 4.78 is 12.5. The van der Waals surface area contributed by atoms with Crippen molar-refractivity contribution < 1.29 is 23.9 Å². The molecule has 7 nitrogen and oxygen atoms in total. The molecular weight excluding hydrogens is 633 g/mol. The number of ether oxygens (including phenoxy) is 2. The van der Waals surface area contributed by atoms with Crippen LogP contribution in [0.2, 0.25) is 0 Å². The molecule has 8 heteroatoms. The maximum atomic E-state index is 14.4. The lowest BCUT2D eigenvalue weighted by Crippen LogP contribution is -2.46. The lowest BCUT2D eigenvalue weighted by atomic mass is 9.79. The van der Waals surface area contributed by atoms with Gasteiger partial charge in [0, 0.05) is 35.2 Å². The first kappa shape index (κ1) is 33.6. The SMILES string of the molecule is CNC(=O)c1ccc(C(OC(=O)[C@H](CCSC)NC(=O)OCC2c3ccccc3-c3ccccc32)(c2ccccc2)c2ccccc2)cc1. The summed E-state index contributed by atoms with van der Waals surface area (Å²) in [7, 11) is 1.58. The fourth-order valence-electron chi connectivity index (χ4n) is 6.51. The van der Waals surface area contributed by atoms with Crippen LogP contribution >= 0.6 is 11.8 Å². The van der Waals surface area contributed by atoms with Gasteiger partial charge in [-0.15, -0.1) is 0 Å². The molecule has 248 valence electrons. The van der Waals surface area contributed by atoms with E-state index in [1.54, 1.807) is 43.1 Å². The quantitative estimate of drug-likeness (QED) is 0.105. The number of alkyl carbamates (subject to hydrolysis) is 1. The third kappa shape index (κ3) is 6.96. The van der Waals surface area contributed by atoms with Crippen LogP contribution in [0, 0.1) is 0 Å². The van der Waals surface area contributed by atoms with Crippen LogP contribution in [-0.4, -0.2) is 49.7 Å². The van der Waals surface area contributed by atoms with Gasteiger partial charge in [0.2, 0.25) is 0 Å². The summed E-state index contributed by atoms with van der Waals surface area (Å²) in [6.45, 7) is 0.125. The first-order valence-corrected chi connectivity index (χ1v) is 17.6. The maximum absolute atomic E-state index is 14.4. The molecule has 0 spiro atoms. The van der Waals surface area contributed by atoms with Gasteiger partial charge in [-0.05, 0) is 52.8 Å². The lowest BCUT2D eigenvalue weighted by molar-refractivity contribution is -0.156. The zero-order valence-electron chi connectivity index (χ0n) is 27.4. The predicted octanol–water partition coefficient (Wildman–Crippen LogP) is 7.54. The molecule has 1 atom stereocenters. The Kier molecular flexibility index (Phi) is 10.4. The first-order valence-electron chi connectivity index (χ1n) is 16.2. The molecular formula is C41H38N2O5S. The van der Waals surface area contributed by atoms with E-state index in [4.69, 9.17) is 9.47 Å². The van der Waals surface area contributed by atoms with Gasteiger partial charge in [-0.1, -0.05) is 121 Å². The average molecular weight is 671 g/mol. The maximum Gasteiger partial charge on any atom is 0.407 e. The number of rotatable bonds is 12. The molecule has 0 radical (unpaired) electrons. The number of thioether (sulfide) groups is 1. The Morgan fingerprint density at radius 2 is 1.22 bits per heavy atom. The Labute approximate surface area is 291 Å². The van der Waals surface area contributed by atoms with Crippen molar-refractivity contribution >= 4 is 29.7 Å². The van der Waals surface area contributed by atoms with Crippen molar-refractivity contribution in [3.05, 3.63) is 167 Å². The van der Waals surface area contributed by atoms with E-state index in [0.717, 1.165) is 22.3 Å². The van der Waals surface area contributed by atoms with Crippen LogP contribution < -0.4 is 10.6 Å². The number of esters is 1. The van der Waals surface area contributed by atoms with Crippen molar-refractivity contribution in [1.82, 2.24) is 10.6 Å². The Morgan fingerprint density at radius 1 is 0.714 bits per heavy atom. The molecule has 6 rings (SSSR count). The minimum atomic E-state index is -1.39. The molecule has 49 heavy (non-hydrogen) atoms. The van der Waals surface area contributed by atoms with E-state index >= 15 is 0 Å². The Morgan fingerprint density at radius 3 is 1.76 bits per heavy atom. The summed E-state index contributed by atoms with van der Waals surface area (Å²) in [5.41, 5.74) is 5.64. The van der Waals surface area contributed by atoms with E-state index in [1.807, 2.05) is 91.2 Å². The van der Waals surface area contributed by atoms with Crippen molar-refractivity contribution in [2.45, 2.75) is 24.0 Å². The molecule has 0 unspecified atom stereocenters. The summed E-state index contributed by atoms with van der Waals surface area (Å²) >= 11 is 1.57. The highest BCUT2D eigenvalue weighted by Crippen LogP contribution is 2.45. The molecule has 0 fully saturated rings. The Bertz CT molecular complexity index is 1830. The van der Waals surface area contributed by atoms with E-state index in [9.17, 15) is 14.4 Å². The van der Waals surface area contributed by atoms with Crippen molar-refractivity contribution in [1.29, 1.82) is 0 Å². The molecule has 0 bridgehead atoms. The van der Waals surface area contributed by atoms with Crippen LogP contribution in [-0.2, 0) is 19.9 Å². The molecule has 0 saturated carbocycles. The van der Waals surface area contributed by atoms with Crippen LogP contribution in [0.15, 0.2) is 133 Å². The number of nitrogens with one attached hydrogen (secondary N) is 2. The van der Waals surface area contributed by atoms with E-state index in [2.05, 4.69) is 34.9 Å².